The lowest BCUT2D eigenvalue weighted by atomic mass is 10.1. The molecule has 0 bridgehead atoms. The highest BCUT2D eigenvalue weighted by molar-refractivity contribution is 5.73. The summed E-state index contributed by atoms with van der Waals surface area (Å²) in [6.45, 7) is 0.987. The Morgan fingerprint density at radius 3 is 2.31 bits per heavy atom. The van der Waals surface area contributed by atoms with E-state index in [0.29, 0.717) is 0 Å². The molecule has 3 nitrogen and oxygen atoms in total. The van der Waals surface area contributed by atoms with Crippen molar-refractivity contribution in [2.24, 2.45) is 5.92 Å². The van der Waals surface area contributed by atoms with Crippen molar-refractivity contribution in [1.29, 1.82) is 0 Å². The topological polar surface area (TPSA) is 35.5 Å². The van der Waals surface area contributed by atoms with Crippen LogP contribution >= 0.6 is 0 Å². The molecule has 0 aromatic carbocycles. The molecule has 0 radical (unpaired) electrons. The van der Waals surface area contributed by atoms with E-state index in [1.54, 1.807) is 6.92 Å². The Bertz CT molecular complexity index is 167. The van der Waals surface area contributed by atoms with Crippen LogP contribution in [0.1, 0.15) is 6.92 Å². The zero-order valence-electron chi connectivity index (χ0n) is 7.35. The first-order valence-electron chi connectivity index (χ1n) is 3.65. The summed E-state index contributed by atoms with van der Waals surface area (Å²) in [5, 5.41) is 0. The molecule has 0 N–H and O–H groups in total. The molecule has 0 fully saturated rings. The number of rotatable bonds is 4. The van der Waals surface area contributed by atoms with Gasteiger partial charge < -0.3 is 9.47 Å². The van der Waals surface area contributed by atoms with E-state index < -0.39 is 24.7 Å². The average Bonchev–Trinajstić information content (AvgIpc) is 2.02. The molecule has 13 heavy (non-hydrogen) atoms. The maximum Gasteiger partial charge on any atom is 0.404 e. The van der Waals surface area contributed by atoms with Gasteiger partial charge in [-0.05, 0) is 6.92 Å². The molecule has 0 aliphatic carbocycles. The monoisotopic (exact) mass is 200 g/mol. The minimum atomic E-state index is -4.61. The minimum Gasteiger partial charge on any atom is -0.468 e. The van der Waals surface area contributed by atoms with Crippen molar-refractivity contribution in [3.05, 3.63) is 0 Å². The van der Waals surface area contributed by atoms with Crippen LogP contribution in [0, 0.1) is 5.92 Å². The van der Waals surface area contributed by atoms with Gasteiger partial charge in [0.15, 0.2) is 5.92 Å². The van der Waals surface area contributed by atoms with Crippen LogP contribution in [0.15, 0.2) is 0 Å². The summed E-state index contributed by atoms with van der Waals surface area (Å²) >= 11 is 0. The molecule has 78 valence electrons. The van der Waals surface area contributed by atoms with E-state index in [4.69, 9.17) is 0 Å². The van der Waals surface area contributed by atoms with Crippen LogP contribution in [-0.4, -0.2) is 32.5 Å². The highest BCUT2D eigenvalue weighted by atomic mass is 19.4. The van der Waals surface area contributed by atoms with Gasteiger partial charge in [0.25, 0.3) is 0 Å². The summed E-state index contributed by atoms with van der Waals surface area (Å²) in [5.74, 6) is -3.50. The quantitative estimate of drug-likeness (QED) is 0.643. The molecular weight excluding hydrogens is 189 g/mol. The van der Waals surface area contributed by atoms with Gasteiger partial charge >= 0.3 is 12.1 Å². The zero-order valence-corrected chi connectivity index (χ0v) is 7.35. The third-order valence-corrected chi connectivity index (χ3v) is 1.37. The second-order valence-corrected chi connectivity index (χ2v) is 2.28. The van der Waals surface area contributed by atoms with Crippen LogP contribution in [0.4, 0.5) is 13.2 Å². The fourth-order valence-electron chi connectivity index (χ4n) is 0.674. The Morgan fingerprint density at radius 1 is 1.46 bits per heavy atom. The number of carbonyl (C=O) groups excluding carboxylic acids is 1. The highest BCUT2D eigenvalue weighted by Crippen LogP contribution is 2.27. The zero-order chi connectivity index (χ0) is 10.5. The number of halogens is 3. The van der Waals surface area contributed by atoms with E-state index in [0.717, 1.165) is 7.11 Å². The van der Waals surface area contributed by atoms with Gasteiger partial charge in [-0.3, -0.25) is 4.79 Å². The SMILES string of the molecule is CCOCC(C(=O)OC)C(F)(F)F. The first-order valence-corrected chi connectivity index (χ1v) is 3.65. The van der Waals surface area contributed by atoms with E-state index in [9.17, 15) is 18.0 Å². The van der Waals surface area contributed by atoms with E-state index in [2.05, 4.69) is 9.47 Å². The molecule has 0 heterocycles. The van der Waals surface area contributed by atoms with E-state index in [1.165, 1.54) is 0 Å². The van der Waals surface area contributed by atoms with Crippen LogP contribution < -0.4 is 0 Å². The smallest absolute Gasteiger partial charge is 0.404 e. The van der Waals surface area contributed by atoms with Crippen molar-refractivity contribution >= 4 is 5.97 Å². The molecule has 0 aromatic rings. The first kappa shape index (κ1) is 12.2. The van der Waals surface area contributed by atoms with Crippen molar-refractivity contribution in [1.82, 2.24) is 0 Å². The number of ether oxygens (including phenoxy) is 2. The molecule has 0 rings (SSSR count). The summed E-state index contributed by atoms with van der Waals surface area (Å²) < 4.78 is 44.8. The molecule has 0 amide bonds. The normalized spacial score (nSPS) is 13.9. The number of alkyl halides is 3. The largest absolute Gasteiger partial charge is 0.468 e. The van der Waals surface area contributed by atoms with Crippen LogP contribution in [0.5, 0.6) is 0 Å². The Morgan fingerprint density at radius 2 is 2.00 bits per heavy atom. The van der Waals surface area contributed by atoms with Crippen molar-refractivity contribution in [3.63, 3.8) is 0 Å². The van der Waals surface area contributed by atoms with Gasteiger partial charge in [0.2, 0.25) is 0 Å². The lowest BCUT2D eigenvalue weighted by Crippen LogP contribution is -2.35. The standard InChI is InChI=1S/C7H11F3O3/c1-3-13-4-5(6(11)12-2)7(8,9)10/h5H,3-4H2,1-2H3. The van der Waals surface area contributed by atoms with Crippen LogP contribution in [0.25, 0.3) is 0 Å². The van der Waals surface area contributed by atoms with Gasteiger partial charge in [0.05, 0.1) is 13.7 Å². The van der Waals surface area contributed by atoms with E-state index >= 15 is 0 Å². The fraction of sp³-hybridized carbons (Fsp3) is 0.857. The maximum absolute atomic E-state index is 12.1. The lowest BCUT2D eigenvalue weighted by Gasteiger charge is -2.17. The van der Waals surface area contributed by atoms with Gasteiger partial charge in [-0.2, -0.15) is 13.2 Å². The van der Waals surface area contributed by atoms with Crippen LogP contribution in [0.2, 0.25) is 0 Å². The van der Waals surface area contributed by atoms with Gasteiger partial charge in [0.1, 0.15) is 0 Å². The van der Waals surface area contributed by atoms with Crippen LogP contribution in [-0.2, 0) is 14.3 Å². The van der Waals surface area contributed by atoms with Crippen molar-refractivity contribution in [3.8, 4) is 0 Å². The molecule has 6 heteroatoms. The molecule has 0 aliphatic rings. The Kier molecular flexibility index (Phi) is 4.76. The summed E-state index contributed by atoms with van der Waals surface area (Å²) in [5.41, 5.74) is 0. The summed E-state index contributed by atoms with van der Waals surface area (Å²) in [6.07, 6.45) is -4.61. The van der Waals surface area contributed by atoms with Crippen molar-refractivity contribution in [2.45, 2.75) is 13.1 Å². The number of hydrogen-bond donors (Lipinski definition) is 0. The number of hydrogen-bond acceptors (Lipinski definition) is 3. The Labute approximate surface area is 73.8 Å². The second-order valence-electron chi connectivity index (χ2n) is 2.28. The number of carbonyl (C=O) groups is 1. The third kappa shape index (κ3) is 4.12. The van der Waals surface area contributed by atoms with Crippen molar-refractivity contribution < 1.29 is 27.4 Å². The molecule has 0 saturated carbocycles. The minimum absolute atomic E-state index is 0.129. The van der Waals surface area contributed by atoms with Gasteiger partial charge in [-0.15, -0.1) is 0 Å². The lowest BCUT2D eigenvalue weighted by molar-refractivity contribution is -0.204. The van der Waals surface area contributed by atoms with E-state index in [-0.39, 0.29) is 6.61 Å². The molecule has 0 aliphatic heterocycles. The molecule has 1 unspecified atom stereocenters. The molecule has 1 atom stereocenters. The molecule has 0 spiro atoms. The van der Waals surface area contributed by atoms with E-state index in [1.807, 2.05) is 0 Å². The summed E-state index contributed by atoms with van der Waals surface area (Å²) in [4.78, 5) is 10.6. The molecule has 0 aromatic heterocycles. The van der Waals surface area contributed by atoms with Gasteiger partial charge in [0, 0.05) is 6.61 Å². The van der Waals surface area contributed by atoms with Crippen molar-refractivity contribution in [2.75, 3.05) is 20.3 Å². The maximum atomic E-state index is 12.1. The number of esters is 1. The average molecular weight is 200 g/mol. The summed E-state index contributed by atoms with van der Waals surface area (Å²) in [6, 6.07) is 0. The second kappa shape index (κ2) is 5.06. The van der Waals surface area contributed by atoms with Gasteiger partial charge in [-0.1, -0.05) is 0 Å². The Hall–Kier alpha value is -0.780. The Balaban J connectivity index is 4.28. The molecular formula is C7H11F3O3. The fourth-order valence-corrected chi connectivity index (χ4v) is 0.674. The first-order chi connectivity index (χ1) is 5.93. The number of methoxy groups -OCH3 is 1. The highest BCUT2D eigenvalue weighted by Gasteiger charge is 2.45. The van der Waals surface area contributed by atoms with Crippen LogP contribution in [0.3, 0.4) is 0 Å². The molecule has 0 saturated heterocycles. The summed E-state index contributed by atoms with van der Waals surface area (Å²) in [7, 11) is 0.910. The van der Waals surface area contributed by atoms with Gasteiger partial charge in [-0.25, -0.2) is 0 Å². The predicted molar refractivity (Wildman–Crippen MR) is 38.1 cm³/mol. The third-order valence-electron chi connectivity index (χ3n) is 1.37. The predicted octanol–water partition coefficient (Wildman–Crippen LogP) is 1.37.